The average molecular weight is 709 g/mol. The fraction of sp³-hybridized carbons (Fsp3) is 0. The lowest BCUT2D eigenvalue weighted by Gasteiger charge is -2.20. The summed E-state index contributed by atoms with van der Waals surface area (Å²) in [4.78, 5) is 0. The highest BCUT2D eigenvalue weighted by Crippen LogP contribution is 2.47. The maximum Gasteiger partial charge on any atom is -0.00259 e. The first-order valence-corrected chi connectivity index (χ1v) is 19.4. The summed E-state index contributed by atoms with van der Waals surface area (Å²) in [5.41, 5.74) is 12.2. The summed E-state index contributed by atoms with van der Waals surface area (Å²) in [7, 11) is 0. The van der Waals surface area contributed by atoms with Crippen LogP contribution in [0.3, 0.4) is 0 Å². The lowest BCUT2D eigenvalue weighted by atomic mass is 9.83. The lowest BCUT2D eigenvalue weighted by molar-refractivity contribution is 1.61. The van der Waals surface area contributed by atoms with E-state index in [2.05, 4.69) is 218 Å². The summed E-state index contributed by atoms with van der Waals surface area (Å²) >= 11 is 0. The Hall–Kier alpha value is -7.28. The van der Waals surface area contributed by atoms with Crippen LogP contribution < -0.4 is 0 Å². The van der Waals surface area contributed by atoms with Gasteiger partial charge in [0, 0.05) is 0 Å². The molecule has 0 fully saturated rings. The molecular formula is C56H36. The molecule has 0 amide bonds. The third kappa shape index (κ3) is 5.54. The molecule has 260 valence electrons. The molecule has 11 rings (SSSR count). The molecule has 0 nitrogen and oxygen atoms in total. The van der Waals surface area contributed by atoms with Gasteiger partial charge in [0.05, 0.1) is 0 Å². The smallest absolute Gasteiger partial charge is 0.00259 e. The maximum atomic E-state index is 2.43. The summed E-state index contributed by atoms with van der Waals surface area (Å²) in [6, 6.07) is 80.6. The zero-order valence-electron chi connectivity index (χ0n) is 30.8. The van der Waals surface area contributed by atoms with Gasteiger partial charge in [0.15, 0.2) is 0 Å². The molecular weight excluding hydrogens is 673 g/mol. The van der Waals surface area contributed by atoms with Gasteiger partial charge in [-0.15, -0.1) is 0 Å². The van der Waals surface area contributed by atoms with Crippen molar-refractivity contribution in [1.82, 2.24) is 0 Å². The van der Waals surface area contributed by atoms with Crippen molar-refractivity contribution >= 4 is 53.9 Å². The zero-order chi connectivity index (χ0) is 37.0. The molecule has 0 atom stereocenters. The summed E-state index contributed by atoms with van der Waals surface area (Å²) in [5.74, 6) is 0. The fourth-order valence-electron chi connectivity index (χ4n) is 8.75. The molecule has 0 heteroatoms. The second-order valence-corrected chi connectivity index (χ2v) is 14.9. The van der Waals surface area contributed by atoms with Gasteiger partial charge in [-0.1, -0.05) is 188 Å². The fourth-order valence-corrected chi connectivity index (χ4v) is 8.75. The van der Waals surface area contributed by atoms with E-state index in [-0.39, 0.29) is 0 Å². The molecule has 56 heavy (non-hydrogen) atoms. The largest absolute Gasteiger partial charge is 0.0622 e. The van der Waals surface area contributed by atoms with Crippen molar-refractivity contribution in [2.75, 3.05) is 0 Å². The Balaban J connectivity index is 1.22. The van der Waals surface area contributed by atoms with Gasteiger partial charge in [-0.2, -0.15) is 0 Å². The van der Waals surface area contributed by atoms with E-state index < -0.39 is 0 Å². The Morgan fingerprint density at radius 1 is 0.161 bits per heavy atom. The first kappa shape index (κ1) is 32.2. The Morgan fingerprint density at radius 2 is 0.482 bits per heavy atom. The van der Waals surface area contributed by atoms with Gasteiger partial charge in [-0.05, 0) is 140 Å². The molecule has 0 saturated carbocycles. The van der Waals surface area contributed by atoms with Crippen LogP contribution in [0.2, 0.25) is 0 Å². The van der Waals surface area contributed by atoms with E-state index in [1.807, 2.05) is 0 Å². The van der Waals surface area contributed by atoms with E-state index in [1.54, 1.807) is 0 Å². The van der Waals surface area contributed by atoms with Crippen molar-refractivity contribution in [2.45, 2.75) is 0 Å². The van der Waals surface area contributed by atoms with Crippen LogP contribution in [0.4, 0.5) is 0 Å². The van der Waals surface area contributed by atoms with E-state index in [1.165, 1.54) is 109 Å². The Labute approximate surface area is 326 Å². The molecule has 0 bridgehead atoms. The first-order valence-electron chi connectivity index (χ1n) is 19.4. The van der Waals surface area contributed by atoms with Gasteiger partial charge >= 0.3 is 0 Å². The predicted molar refractivity (Wildman–Crippen MR) is 241 cm³/mol. The van der Waals surface area contributed by atoms with Crippen LogP contribution in [0.1, 0.15) is 0 Å². The van der Waals surface area contributed by atoms with Crippen molar-refractivity contribution in [1.29, 1.82) is 0 Å². The molecule has 0 heterocycles. The van der Waals surface area contributed by atoms with Crippen LogP contribution in [0.15, 0.2) is 218 Å². The number of fused-ring (bicyclic) bond motifs is 5. The third-order valence-corrected chi connectivity index (χ3v) is 11.6. The molecule has 0 saturated heterocycles. The highest BCUT2D eigenvalue weighted by Gasteiger charge is 2.19. The lowest BCUT2D eigenvalue weighted by Crippen LogP contribution is -1.93. The molecule has 0 unspecified atom stereocenters. The highest BCUT2D eigenvalue weighted by atomic mass is 14.2. The van der Waals surface area contributed by atoms with E-state index in [0.717, 1.165) is 0 Å². The SMILES string of the molecule is c1ccc(-c2ccc(-c3c4ccc(-c5ccc6ccccc6c5)cc4c(-c4ccc5ccccc5c4)c4ccc(-c5ccc6ccccc6c5)cc34)cc2)cc1. The normalized spacial score (nSPS) is 11.6. The molecule has 0 spiro atoms. The Bertz CT molecular complexity index is 3280. The van der Waals surface area contributed by atoms with Crippen molar-refractivity contribution in [2.24, 2.45) is 0 Å². The second-order valence-electron chi connectivity index (χ2n) is 14.9. The quantitative estimate of drug-likeness (QED) is 0.156. The summed E-state index contributed by atoms with van der Waals surface area (Å²) in [5, 5.41) is 12.5. The van der Waals surface area contributed by atoms with E-state index in [0.29, 0.717) is 0 Å². The van der Waals surface area contributed by atoms with Gasteiger partial charge < -0.3 is 0 Å². The van der Waals surface area contributed by atoms with Crippen LogP contribution in [0, 0.1) is 0 Å². The number of hydrogen-bond donors (Lipinski definition) is 0. The minimum absolute atomic E-state index is 1.21. The molecule has 11 aromatic rings. The number of rotatable bonds is 5. The Morgan fingerprint density at radius 3 is 0.982 bits per heavy atom. The third-order valence-electron chi connectivity index (χ3n) is 11.6. The van der Waals surface area contributed by atoms with E-state index >= 15 is 0 Å². The molecule has 0 N–H and O–H groups in total. The van der Waals surface area contributed by atoms with Gasteiger partial charge in [0.1, 0.15) is 0 Å². The van der Waals surface area contributed by atoms with Crippen LogP contribution in [0.5, 0.6) is 0 Å². The van der Waals surface area contributed by atoms with Crippen LogP contribution >= 0.6 is 0 Å². The molecule has 0 aliphatic heterocycles. The monoisotopic (exact) mass is 708 g/mol. The maximum absolute atomic E-state index is 2.43. The van der Waals surface area contributed by atoms with Crippen LogP contribution in [-0.4, -0.2) is 0 Å². The molecule has 0 aromatic heterocycles. The van der Waals surface area contributed by atoms with Crippen molar-refractivity contribution < 1.29 is 0 Å². The van der Waals surface area contributed by atoms with Gasteiger partial charge in [0.25, 0.3) is 0 Å². The molecule has 11 aromatic carbocycles. The van der Waals surface area contributed by atoms with E-state index in [9.17, 15) is 0 Å². The molecule has 0 radical (unpaired) electrons. The predicted octanol–water partition coefficient (Wildman–Crippen LogP) is 15.8. The van der Waals surface area contributed by atoms with E-state index in [4.69, 9.17) is 0 Å². The van der Waals surface area contributed by atoms with Gasteiger partial charge in [-0.25, -0.2) is 0 Å². The zero-order valence-corrected chi connectivity index (χ0v) is 30.8. The summed E-state index contributed by atoms with van der Waals surface area (Å²) < 4.78 is 0. The minimum Gasteiger partial charge on any atom is -0.0622 e. The van der Waals surface area contributed by atoms with Crippen LogP contribution in [-0.2, 0) is 0 Å². The summed E-state index contributed by atoms with van der Waals surface area (Å²) in [6.45, 7) is 0. The molecule has 0 aliphatic carbocycles. The topological polar surface area (TPSA) is 0 Å². The highest BCUT2D eigenvalue weighted by molar-refractivity contribution is 6.23. The Kier molecular flexibility index (Phi) is 7.60. The molecule has 0 aliphatic rings. The van der Waals surface area contributed by atoms with Gasteiger partial charge in [0.2, 0.25) is 0 Å². The van der Waals surface area contributed by atoms with Crippen molar-refractivity contribution in [3.63, 3.8) is 0 Å². The van der Waals surface area contributed by atoms with Crippen molar-refractivity contribution in [3.8, 4) is 55.6 Å². The van der Waals surface area contributed by atoms with Crippen molar-refractivity contribution in [3.05, 3.63) is 218 Å². The first-order chi connectivity index (χ1) is 27.7. The number of hydrogen-bond acceptors (Lipinski definition) is 0. The minimum atomic E-state index is 1.21. The summed E-state index contributed by atoms with van der Waals surface area (Å²) in [6.07, 6.45) is 0. The second kappa shape index (κ2) is 13.2. The number of benzene rings is 11. The van der Waals surface area contributed by atoms with Crippen LogP contribution in [0.25, 0.3) is 109 Å². The average Bonchev–Trinajstić information content (AvgIpc) is 3.27. The van der Waals surface area contributed by atoms with Gasteiger partial charge in [-0.3, -0.25) is 0 Å². The standard InChI is InChI=1S/C56H36/c1-2-10-37(11-3-1)41-18-23-42(24-19-41)55-51-30-28-49(47-26-21-39-13-5-8-16-44(39)33-47)36-54(51)56(50-27-22-40-14-6-9-17-45(40)34-50)52-31-29-48(35-53(52)55)46-25-20-38-12-4-7-15-43(38)32-46/h1-36H.